The molecule has 0 saturated carbocycles. The maximum atomic E-state index is 6.16. The van der Waals surface area contributed by atoms with Gasteiger partial charge in [-0.15, -0.1) is 0 Å². The third-order valence-corrected chi connectivity index (χ3v) is 3.16. The van der Waals surface area contributed by atoms with Gasteiger partial charge < -0.3 is 9.88 Å². The Morgan fingerprint density at radius 3 is 2.76 bits per heavy atom. The number of para-hydroxylation sites is 1. The van der Waals surface area contributed by atoms with Gasteiger partial charge in [-0.05, 0) is 6.07 Å². The van der Waals surface area contributed by atoms with Gasteiger partial charge in [0.25, 0.3) is 0 Å². The molecule has 0 amide bonds. The summed E-state index contributed by atoms with van der Waals surface area (Å²) >= 11 is 6.16. The van der Waals surface area contributed by atoms with Crippen LogP contribution >= 0.6 is 11.6 Å². The van der Waals surface area contributed by atoms with Crippen molar-refractivity contribution in [1.82, 2.24) is 14.5 Å². The Labute approximate surface area is 103 Å². The van der Waals surface area contributed by atoms with Gasteiger partial charge in [0.1, 0.15) is 5.52 Å². The van der Waals surface area contributed by atoms with Crippen molar-refractivity contribution in [3.63, 3.8) is 0 Å². The van der Waals surface area contributed by atoms with Crippen LogP contribution in [0.2, 0.25) is 5.15 Å². The number of benzene rings is 1. The van der Waals surface area contributed by atoms with E-state index < -0.39 is 0 Å². The molecule has 86 valence electrons. The minimum Gasteiger partial charge on any atom is -0.359 e. The first-order chi connectivity index (χ1) is 8.22. The lowest BCUT2D eigenvalue weighted by Crippen LogP contribution is -1.97. The number of anilines is 1. The highest BCUT2D eigenvalue weighted by Gasteiger charge is 2.14. The predicted octanol–water partition coefficient (Wildman–Crippen LogP) is 2.82. The Hall–Kier alpha value is -1.81. The number of pyridine rings is 1. The van der Waals surface area contributed by atoms with Crippen LogP contribution in [0.15, 0.2) is 24.3 Å². The highest BCUT2D eigenvalue weighted by Crippen LogP contribution is 2.30. The second-order valence-electron chi connectivity index (χ2n) is 3.86. The van der Waals surface area contributed by atoms with E-state index in [1.54, 1.807) is 0 Å². The molecule has 2 aromatic heterocycles. The molecule has 2 heterocycles. The molecule has 0 fully saturated rings. The van der Waals surface area contributed by atoms with E-state index in [4.69, 9.17) is 11.6 Å². The van der Waals surface area contributed by atoms with Crippen molar-refractivity contribution in [1.29, 1.82) is 0 Å². The first-order valence-corrected chi connectivity index (χ1v) is 5.68. The number of rotatable bonds is 1. The standard InChI is InChI=1S/C12H11ClN4/c1-14-12-16-9-10(17(12)2)7-5-3-4-6-8(7)15-11(9)13/h3-6H,1-2H3,(H,14,16). The summed E-state index contributed by atoms with van der Waals surface area (Å²) in [4.78, 5) is 8.79. The summed E-state index contributed by atoms with van der Waals surface area (Å²) in [5.41, 5.74) is 2.62. The van der Waals surface area contributed by atoms with Gasteiger partial charge in [0.05, 0.1) is 11.0 Å². The zero-order valence-electron chi connectivity index (χ0n) is 9.53. The minimum absolute atomic E-state index is 0.441. The zero-order chi connectivity index (χ0) is 12.0. The average Bonchev–Trinajstić information content (AvgIpc) is 2.68. The monoisotopic (exact) mass is 246 g/mol. The number of halogens is 1. The Kier molecular flexibility index (Phi) is 2.19. The summed E-state index contributed by atoms with van der Waals surface area (Å²) < 4.78 is 1.99. The molecule has 0 unspecified atom stereocenters. The molecule has 17 heavy (non-hydrogen) atoms. The van der Waals surface area contributed by atoms with E-state index >= 15 is 0 Å². The molecule has 0 saturated heterocycles. The lowest BCUT2D eigenvalue weighted by atomic mass is 10.2. The van der Waals surface area contributed by atoms with Crippen LogP contribution in [0, 0.1) is 0 Å². The number of aromatic nitrogens is 3. The van der Waals surface area contributed by atoms with Crippen LogP contribution in [0.1, 0.15) is 0 Å². The van der Waals surface area contributed by atoms with Crippen molar-refractivity contribution < 1.29 is 0 Å². The molecular formula is C12H11ClN4. The fourth-order valence-corrected chi connectivity index (χ4v) is 2.33. The number of nitrogens with one attached hydrogen (secondary N) is 1. The maximum absolute atomic E-state index is 6.16. The Balaban J connectivity index is 2.59. The molecule has 0 bridgehead atoms. The maximum Gasteiger partial charge on any atom is 0.203 e. The van der Waals surface area contributed by atoms with Gasteiger partial charge in [-0.25, -0.2) is 9.97 Å². The Morgan fingerprint density at radius 1 is 1.24 bits per heavy atom. The van der Waals surface area contributed by atoms with Gasteiger partial charge in [-0.2, -0.15) is 0 Å². The normalized spacial score (nSPS) is 11.2. The van der Waals surface area contributed by atoms with E-state index in [0.717, 1.165) is 27.9 Å². The third kappa shape index (κ3) is 1.37. The average molecular weight is 247 g/mol. The van der Waals surface area contributed by atoms with Crippen LogP contribution < -0.4 is 5.32 Å². The summed E-state index contributed by atoms with van der Waals surface area (Å²) in [5.74, 6) is 0.778. The summed E-state index contributed by atoms with van der Waals surface area (Å²) in [7, 11) is 3.80. The zero-order valence-corrected chi connectivity index (χ0v) is 10.3. The lowest BCUT2D eigenvalue weighted by molar-refractivity contribution is 0.955. The van der Waals surface area contributed by atoms with Crippen LogP contribution in [0.4, 0.5) is 5.95 Å². The molecule has 5 heteroatoms. The van der Waals surface area contributed by atoms with Crippen LogP contribution in [0.5, 0.6) is 0 Å². The number of hydrogen-bond donors (Lipinski definition) is 1. The van der Waals surface area contributed by atoms with Crippen LogP contribution in [0.3, 0.4) is 0 Å². The highest BCUT2D eigenvalue weighted by atomic mass is 35.5. The summed E-state index contributed by atoms with van der Waals surface area (Å²) in [5, 5.41) is 4.54. The molecule has 1 aromatic carbocycles. The number of nitrogens with zero attached hydrogens (tertiary/aromatic N) is 3. The van der Waals surface area contributed by atoms with Gasteiger partial charge in [0.15, 0.2) is 5.15 Å². The van der Waals surface area contributed by atoms with Gasteiger partial charge in [0, 0.05) is 19.5 Å². The van der Waals surface area contributed by atoms with Gasteiger partial charge in [0.2, 0.25) is 5.95 Å². The highest BCUT2D eigenvalue weighted by molar-refractivity contribution is 6.35. The van der Waals surface area contributed by atoms with E-state index in [-0.39, 0.29) is 0 Å². The second kappa shape index (κ2) is 3.60. The first kappa shape index (κ1) is 10.4. The molecular weight excluding hydrogens is 236 g/mol. The van der Waals surface area contributed by atoms with Gasteiger partial charge in [-0.3, -0.25) is 0 Å². The van der Waals surface area contributed by atoms with E-state index in [2.05, 4.69) is 15.3 Å². The molecule has 0 aliphatic heterocycles. The van der Waals surface area contributed by atoms with E-state index in [0.29, 0.717) is 5.15 Å². The summed E-state index contributed by atoms with van der Waals surface area (Å²) in [6.07, 6.45) is 0. The smallest absolute Gasteiger partial charge is 0.203 e. The van der Waals surface area contributed by atoms with Crippen molar-refractivity contribution in [2.75, 3.05) is 12.4 Å². The minimum atomic E-state index is 0.441. The fraction of sp³-hybridized carbons (Fsp3) is 0.167. The molecule has 0 atom stereocenters. The molecule has 0 radical (unpaired) electrons. The van der Waals surface area contributed by atoms with E-state index in [1.165, 1.54) is 0 Å². The Morgan fingerprint density at radius 2 is 2.00 bits per heavy atom. The first-order valence-electron chi connectivity index (χ1n) is 5.31. The van der Waals surface area contributed by atoms with Crippen molar-refractivity contribution in [2.45, 2.75) is 0 Å². The van der Waals surface area contributed by atoms with Crippen molar-refractivity contribution in [3.8, 4) is 0 Å². The Bertz CT molecular complexity index is 717. The second-order valence-corrected chi connectivity index (χ2v) is 4.22. The lowest BCUT2D eigenvalue weighted by Gasteiger charge is -2.03. The molecule has 3 rings (SSSR count). The van der Waals surface area contributed by atoms with Crippen molar-refractivity contribution in [3.05, 3.63) is 29.4 Å². The molecule has 0 spiro atoms. The number of fused-ring (bicyclic) bond motifs is 3. The van der Waals surface area contributed by atoms with E-state index in [1.807, 2.05) is 42.9 Å². The molecule has 1 N–H and O–H groups in total. The van der Waals surface area contributed by atoms with Crippen molar-refractivity contribution >= 4 is 39.5 Å². The summed E-state index contributed by atoms with van der Waals surface area (Å²) in [6, 6.07) is 7.92. The third-order valence-electron chi connectivity index (χ3n) is 2.89. The summed E-state index contributed by atoms with van der Waals surface area (Å²) in [6.45, 7) is 0. The molecule has 0 aliphatic carbocycles. The predicted molar refractivity (Wildman–Crippen MR) is 70.6 cm³/mol. The number of hydrogen-bond acceptors (Lipinski definition) is 3. The van der Waals surface area contributed by atoms with Crippen LogP contribution in [-0.4, -0.2) is 21.6 Å². The number of aryl methyl sites for hydroxylation is 1. The fourth-order valence-electron chi connectivity index (χ4n) is 2.10. The molecule has 0 aliphatic rings. The SMILES string of the molecule is CNc1nc2c(Cl)nc3ccccc3c2n1C. The van der Waals surface area contributed by atoms with Crippen LogP contribution in [0.25, 0.3) is 21.9 Å². The van der Waals surface area contributed by atoms with Gasteiger partial charge >= 0.3 is 0 Å². The van der Waals surface area contributed by atoms with Crippen molar-refractivity contribution in [2.24, 2.45) is 7.05 Å². The van der Waals surface area contributed by atoms with Gasteiger partial charge in [-0.1, -0.05) is 29.8 Å². The number of imidazole rings is 1. The molecule has 3 aromatic rings. The van der Waals surface area contributed by atoms with Crippen LogP contribution in [-0.2, 0) is 7.05 Å². The topological polar surface area (TPSA) is 42.7 Å². The molecule has 4 nitrogen and oxygen atoms in total. The quantitative estimate of drug-likeness (QED) is 0.672. The largest absolute Gasteiger partial charge is 0.359 e. The van der Waals surface area contributed by atoms with E-state index in [9.17, 15) is 0 Å².